The third kappa shape index (κ3) is 14.4. The molecule has 1 saturated heterocycles. The number of esters is 2. The van der Waals surface area contributed by atoms with Crippen molar-refractivity contribution in [1.82, 2.24) is 10.6 Å². The quantitative estimate of drug-likeness (QED) is 0.292. The summed E-state index contributed by atoms with van der Waals surface area (Å²) in [5.41, 5.74) is -1.25. The van der Waals surface area contributed by atoms with Gasteiger partial charge in [-0.1, -0.05) is 14.9 Å². The Bertz CT molecular complexity index is 961. The number of carbonyl (C=O) groups is 5. The Labute approximate surface area is 269 Å². The molecule has 1 heterocycles. The zero-order valence-corrected chi connectivity index (χ0v) is 26.9. The number of methoxy groups -OCH3 is 2. The molecule has 0 radical (unpaired) electrons. The summed E-state index contributed by atoms with van der Waals surface area (Å²) in [4.78, 5) is 58.9. The molecular formula is C32H58N2O11. The van der Waals surface area contributed by atoms with Crippen molar-refractivity contribution in [2.75, 3.05) is 27.4 Å². The molecule has 13 heteroatoms. The minimum atomic E-state index is -0.761. The first-order chi connectivity index (χ1) is 20.0. The number of ether oxygens (including phenoxy) is 6. The van der Waals surface area contributed by atoms with Crippen molar-refractivity contribution in [3.8, 4) is 0 Å². The maximum Gasteiger partial charge on any atom is 0.408 e. The molecule has 13 nitrogen and oxygen atoms in total. The molecule has 3 rings (SSSR count). The van der Waals surface area contributed by atoms with Crippen LogP contribution < -0.4 is 10.6 Å². The normalized spacial score (nSPS) is 19.7. The van der Waals surface area contributed by atoms with Crippen molar-refractivity contribution in [3.05, 3.63) is 0 Å². The Morgan fingerprint density at radius 1 is 0.711 bits per heavy atom. The number of Topliss-reactive ketones (excluding diaryl/α,β-unsaturated/α-hetero) is 1. The fourth-order valence-corrected chi connectivity index (χ4v) is 5.36. The molecule has 0 aromatic rings. The summed E-state index contributed by atoms with van der Waals surface area (Å²) in [6, 6.07) is -1.48. The first-order valence-electron chi connectivity index (χ1n) is 14.9. The van der Waals surface area contributed by atoms with Gasteiger partial charge in [-0.15, -0.1) is 0 Å². The SMILES string of the molecule is C.C.COC(=O)[C@@H](NC(=O)OC(C)(C)C)C1CCC(=O)CC1.COC(=O)[C@H](NC(=O)OC(C)(C)C)C1CCC2(CC1)OCCO2. The number of hydrogen-bond acceptors (Lipinski definition) is 11. The lowest BCUT2D eigenvalue weighted by Crippen LogP contribution is -2.50. The van der Waals surface area contributed by atoms with Gasteiger partial charge in [0.05, 0.1) is 27.4 Å². The van der Waals surface area contributed by atoms with Crippen molar-refractivity contribution >= 4 is 29.9 Å². The van der Waals surface area contributed by atoms with Crippen molar-refractivity contribution in [3.63, 3.8) is 0 Å². The number of carbonyl (C=O) groups excluding carboxylic acids is 5. The van der Waals surface area contributed by atoms with Crippen LogP contribution in [0.4, 0.5) is 9.59 Å². The summed E-state index contributed by atoms with van der Waals surface area (Å²) in [6.45, 7) is 11.8. The van der Waals surface area contributed by atoms with Gasteiger partial charge in [0.15, 0.2) is 5.79 Å². The summed E-state index contributed by atoms with van der Waals surface area (Å²) in [6.07, 6.45) is 3.63. The third-order valence-electron chi connectivity index (χ3n) is 7.39. The summed E-state index contributed by atoms with van der Waals surface area (Å²) in [5, 5.41) is 5.22. The smallest absolute Gasteiger partial charge is 0.408 e. The molecule has 2 N–H and O–H groups in total. The van der Waals surface area contributed by atoms with Gasteiger partial charge >= 0.3 is 24.1 Å². The largest absolute Gasteiger partial charge is 0.467 e. The fourth-order valence-electron chi connectivity index (χ4n) is 5.36. The average molecular weight is 647 g/mol. The standard InChI is InChI=1S/C16H27NO6.C14H23NO5.2CH4/c1-15(2,3)23-14(19)17-12(13(18)20-4)11-5-7-16(8-6-11)21-9-10-22-16;1-14(2,3)20-13(18)15-11(12(17)19-4)9-5-7-10(16)8-6-9;;/h11-12H,5-10H2,1-4H3,(H,17,19);9,11H,5-8H2,1-4H3,(H,15,18);2*1H4/t12-;11-;;/m10../s1. The molecule has 2 aliphatic carbocycles. The van der Waals surface area contributed by atoms with Crippen molar-refractivity contribution in [2.24, 2.45) is 11.8 Å². The number of hydrogen-bond donors (Lipinski definition) is 2. The molecule has 262 valence electrons. The second-order valence-electron chi connectivity index (χ2n) is 13.1. The Morgan fingerprint density at radius 3 is 1.40 bits per heavy atom. The molecule has 0 aromatic heterocycles. The van der Waals surface area contributed by atoms with E-state index in [9.17, 15) is 24.0 Å². The van der Waals surface area contributed by atoms with Crippen LogP contribution >= 0.6 is 0 Å². The molecule has 2 amide bonds. The maximum atomic E-state index is 12.1. The predicted octanol–water partition coefficient (Wildman–Crippen LogP) is 5.07. The molecule has 1 spiro atoms. The van der Waals surface area contributed by atoms with Crippen molar-refractivity contribution in [1.29, 1.82) is 0 Å². The highest BCUT2D eigenvalue weighted by Gasteiger charge is 2.44. The Morgan fingerprint density at radius 2 is 1.07 bits per heavy atom. The first-order valence-corrected chi connectivity index (χ1v) is 14.9. The van der Waals surface area contributed by atoms with E-state index in [1.807, 2.05) is 0 Å². The van der Waals surface area contributed by atoms with E-state index in [0.29, 0.717) is 51.7 Å². The van der Waals surface area contributed by atoms with Crippen LogP contribution in [0.5, 0.6) is 0 Å². The molecule has 0 unspecified atom stereocenters. The second kappa shape index (κ2) is 18.3. The highest BCUT2D eigenvalue weighted by atomic mass is 16.7. The van der Waals surface area contributed by atoms with E-state index < -0.39 is 53.2 Å². The Kier molecular flexibility index (Phi) is 17.1. The van der Waals surface area contributed by atoms with E-state index in [2.05, 4.69) is 10.6 Å². The lowest BCUT2D eigenvalue weighted by atomic mass is 9.80. The van der Waals surface area contributed by atoms with Crippen LogP contribution in [0.2, 0.25) is 0 Å². The van der Waals surface area contributed by atoms with Gasteiger partial charge in [-0.3, -0.25) is 4.79 Å². The summed E-state index contributed by atoms with van der Waals surface area (Å²) in [7, 11) is 2.60. The van der Waals surface area contributed by atoms with Gasteiger partial charge < -0.3 is 39.1 Å². The molecule has 3 fully saturated rings. The number of nitrogens with one attached hydrogen (secondary N) is 2. The highest BCUT2D eigenvalue weighted by Crippen LogP contribution is 2.39. The van der Waals surface area contributed by atoms with Crippen LogP contribution in [0.3, 0.4) is 0 Å². The number of ketones is 1. The summed E-state index contributed by atoms with van der Waals surface area (Å²) in [5.74, 6) is -1.37. The van der Waals surface area contributed by atoms with Crippen LogP contribution in [0.25, 0.3) is 0 Å². The molecule has 45 heavy (non-hydrogen) atoms. The van der Waals surface area contributed by atoms with Gasteiger partial charge in [0.1, 0.15) is 29.1 Å². The van der Waals surface area contributed by atoms with Crippen LogP contribution in [-0.4, -0.2) is 86.4 Å². The van der Waals surface area contributed by atoms with Gasteiger partial charge in [0.2, 0.25) is 0 Å². The topological polar surface area (TPSA) is 165 Å². The van der Waals surface area contributed by atoms with E-state index in [1.54, 1.807) is 41.5 Å². The monoisotopic (exact) mass is 646 g/mol. The van der Waals surface area contributed by atoms with Crippen LogP contribution in [0, 0.1) is 11.8 Å². The van der Waals surface area contributed by atoms with Gasteiger partial charge in [0.25, 0.3) is 0 Å². The summed E-state index contributed by atoms with van der Waals surface area (Å²) >= 11 is 0. The van der Waals surface area contributed by atoms with Crippen molar-refractivity contribution in [2.45, 2.75) is 137 Å². The zero-order chi connectivity index (χ0) is 32.4. The molecule has 3 aliphatic rings. The van der Waals surface area contributed by atoms with Gasteiger partial charge in [-0.25, -0.2) is 19.2 Å². The van der Waals surface area contributed by atoms with Crippen molar-refractivity contribution < 1.29 is 52.4 Å². The van der Waals surface area contributed by atoms with Crippen LogP contribution in [-0.2, 0) is 42.8 Å². The fraction of sp³-hybridized carbons (Fsp3) is 0.844. The predicted molar refractivity (Wildman–Crippen MR) is 167 cm³/mol. The van der Waals surface area contributed by atoms with E-state index in [4.69, 9.17) is 28.4 Å². The molecular weight excluding hydrogens is 588 g/mol. The minimum Gasteiger partial charge on any atom is -0.467 e. The average Bonchev–Trinajstić information content (AvgIpc) is 3.37. The summed E-state index contributed by atoms with van der Waals surface area (Å²) < 4.78 is 31.3. The number of amides is 2. The Hall–Kier alpha value is -2.93. The van der Waals surface area contributed by atoms with Gasteiger partial charge in [-0.2, -0.15) is 0 Å². The maximum absolute atomic E-state index is 12.1. The van der Waals surface area contributed by atoms with Gasteiger partial charge in [-0.05, 0) is 79.1 Å². The lowest BCUT2D eigenvalue weighted by molar-refractivity contribution is -0.185. The zero-order valence-electron chi connectivity index (χ0n) is 26.9. The molecule has 0 aromatic carbocycles. The van der Waals surface area contributed by atoms with E-state index in [-0.39, 0.29) is 32.5 Å². The molecule has 2 saturated carbocycles. The number of alkyl carbamates (subject to hydrolysis) is 2. The molecule has 0 bridgehead atoms. The lowest BCUT2D eigenvalue weighted by Gasteiger charge is -2.37. The molecule has 2 atom stereocenters. The minimum absolute atomic E-state index is 0. The highest BCUT2D eigenvalue weighted by molar-refractivity contribution is 5.83. The second-order valence-corrected chi connectivity index (χ2v) is 13.1. The van der Waals surface area contributed by atoms with E-state index in [0.717, 1.165) is 12.8 Å². The van der Waals surface area contributed by atoms with Crippen LogP contribution in [0.1, 0.15) is 108 Å². The first kappa shape index (κ1) is 42.1. The number of rotatable bonds is 6. The van der Waals surface area contributed by atoms with E-state index >= 15 is 0 Å². The van der Waals surface area contributed by atoms with Gasteiger partial charge in [0, 0.05) is 25.7 Å². The third-order valence-corrected chi connectivity index (χ3v) is 7.39. The van der Waals surface area contributed by atoms with Crippen LogP contribution in [0.15, 0.2) is 0 Å². The molecule has 1 aliphatic heterocycles. The Balaban J connectivity index is 0.000000832. The van der Waals surface area contributed by atoms with E-state index in [1.165, 1.54) is 14.2 Å².